The Balaban J connectivity index is 1.44. The summed E-state index contributed by atoms with van der Waals surface area (Å²) in [4.78, 5) is 16.8. The molecule has 6 nitrogen and oxygen atoms in total. The van der Waals surface area contributed by atoms with E-state index in [1.54, 1.807) is 35.2 Å². The number of hydrogen-bond acceptors (Lipinski definition) is 3. The van der Waals surface area contributed by atoms with Gasteiger partial charge in [0.2, 0.25) is 0 Å². The lowest BCUT2D eigenvalue weighted by atomic mass is 9.97. The minimum Gasteiger partial charge on any atom is -0.333 e. The fourth-order valence-corrected chi connectivity index (χ4v) is 4.75. The van der Waals surface area contributed by atoms with E-state index < -0.39 is 22.9 Å². The van der Waals surface area contributed by atoms with Crippen LogP contribution in [0.4, 0.5) is 14.5 Å². The van der Waals surface area contributed by atoms with Crippen LogP contribution in [0.5, 0.6) is 0 Å². The number of anilines is 1. The van der Waals surface area contributed by atoms with E-state index in [0.29, 0.717) is 42.0 Å². The van der Waals surface area contributed by atoms with E-state index in [-0.39, 0.29) is 24.1 Å². The number of nitrogens with one attached hydrogen (secondary N) is 1. The highest BCUT2D eigenvalue weighted by Gasteiger charge is 2.29. The van der Waals surface area contributed by atoms with Gasteiger partial charge in [-0.1, -0.05) is 36.9 Å². The molecule has 2 N–H and O–H groups in total. The van der Waals surface area contributed by atoms with Gasteiger partial charge in [0, 0.05) is 49.0 Å². The number of carbonyl (C=O) groups is 1. The minimum absolute atomic E-state index is 0.149. The van der Waals surface area contributed by atoms with Gasteiger partial charge < -0.3 is 4.90 Å². The highest BCUT2D eigenvalue weighted by atomic mass is 32.2. The molecule has 1 saturated heterocycles. The predicted octanol–water partition coefficient (Wildman–Crippen LogP) is 4.92. The molecule has 188 valence electrons. The Morgan fingerprint density at radius 3 is 2.39 bits per heavy atom. The molecular formula is C27H27F2N3O3S. The fourth-order valence-electron chi connectivity index (χ4n) is 4.41. The van der Waals surface area contributed by atoms with Gasteiger partial charge in [-0.3, -0.25) is 19.0 Å². The molecule has 2 unspecified atom stereocenters. The third-order valence-corrected chi connectivity index (χ3v) is 6.69. The van der Waals surface area contributed by atoms with Crippen molar-refractivity contribution >= 4 is 28.4 Å². The van der Waals surface area contributed by atoms with Crippen LogP contribution in [0.1, 0.15) is 34.0 Å². The first kappa shape index (κ1) is 25.7. The lowest BCUT2D eigenvalue weighted by Crippen LogP contribution is -2.53. The van der Waals surface area contributed by atoms with Crippen molar-refractivity contribution in [1.29, 1.82) is 0 Å². The minimum atomic E-state index is -2.19. The summed E-state index contributed by atoms with van der Waals surface area (Å²) in [6.07, 6.45) is 0. The van der Waals surface area contributed by atoms with Crippen molar-refractivity contribution in [2.24, 2.45) is 0 Å². The van der Waals surface area contributed by atoms with E-state index in [0.717, 1.165) is 5.56 Å². The highest BCUT2D eigenvalue weighted by Crippen LogP contribution is 2.27. The average Bonchev–Trinajstić information content (AvgIpc) is 2.86. The quantitative estimate of drug-likeness (QED) is 0.442. The Morgan fingerprint density at radius 2 is 1.75 bits per heavy atom. The summed E-state index contributed by atoms with van der Waals surface area (Å²) in [6, 6.07) is 18.4. The second-order valence-corrected chi connectivity index (χ2v) is 9.49. The molecule has 1 aliphatic rings. The first-order chi connectivity index (χ1) is 17.2. The van der Waals surface area contributed by atoms with Gasteiger partial charge in [-0.05, 0) is 60.0 Å². The fraction of sp³-hybridized carbons (Fsp3) is 0.222. The molecule has 3 aromatic rings. The van der Waals surface area contributed by atoms with Crippen molar-refractivity contribution in [3.8, 4) is 0 Å². The van der Waals surface area contributed by atoms with E-state index in [2.05, 4.69) is 11.3 Å². The lowest BCUT2D eigenvalue weighted by Gasteiger charge is -2.40. The third-order valence-electron chi connectivity index (χ3n) is 6.28. The van der Waals surface area contributed by atoms with Crippen LogP contribution in [-0.2, 0) is 17.8 Å². The Bertz CT molecular complexity index is 1290. The molecule has 0 saturated carbocycles. The van der Waals surface area contributed by atoms with Crippen LogP contribution in [0, 0.1) is 11.6 Å². The van der Waals surface area contributed by atoms with Crippen LogP contribution in [0.15, 0.2) is 73.3 Å². The number of hydrogen-bond donors (Lipinski definition) is 2. The Hall–Kier alpha value is -3.40. The normalized spacial score (nSPS) is 17.0. The first-order valence-corrected chi connectivity index (χ1v) is 12.6. The number of piperazine rings is 1. The molecule has 0 aliphatic carbocycles. The molecule has 4 rings (SSSR count). The average molecular weight is 512 g/mol. The topological polar surface area (TPSA) is 72.9 Å². The molecule has 0 aromatic heterocycles. The van der Waals surface area contributed by atoms with E-state index in [9.17, 15) is 17.8 Å². The van der Waals surface area contributed by atoms with Crippen molar-refractivity contribution in [2.45, 2.75) is 19.5 Å². The summed E-state index contributed by atoms with van der Waals surface area (Å²) in [5.74, 6) is -1.94. The van der Waals surface area contributed by atoms with Gasteiger partial charge in [-0.2, -0.15) is 0 Å². The number of amides is 1. The van der Waals surface area contributed by atoms with Gasteiger partial charge in [0.05, 0.1) is 0 Å². The van der Waals surface area contributed by atoms with Gasteiger partial charge in [0.15, 0.2) is 11.6 Å². The second kappa shape index (κ2) is 11.1. The summed E-state index contributed by atoms with van der Waals surface area (Å²) >= 11 is -2.19. The molecule has 9 heteroatoms. The van der Waals surface area contributed by atoms with E-state index in [1.807, 2.05) is 42.2 Å². The smallest absolute Gasteiger partial charge is 0.259 e. The molecule has 3 aromatic carbocycles. The van der Waals surface area contributed by atoms with Crippen molar-refractivity contribution in [3.05, 3.63) is 107 Å². The summed E-state index contributed by atoms with van der Waals surface area (Å²) in [5.41, 5.74) is 3.12. The van der Waals surface area contributed by atoms with Gasteiger partial charge in [0.25, 0.3) is 17.2 Å². The molecule has 36 heavy (non-hydrogen) atoms. The maximum atomic E-state index is 14.7. The van der Waals surface area contributed by atoms with Crippen LogP contribution in [0.2, 0.25) is 0 Å². The maximum Gasteiger partial charge on any atom is 0.259 e. The lowest BCUT2D eigenvalue weighted by molar-refractivity contribution is 0.0473. The van der Waals surface area contributed by atoms with Gasteiger partial charge in [0.1, 0.15) is 0 Å². The molecule has 1 heterocycles. The van der Waals surface area contributed by atoms with Crippen molar-refractivity contribution in [2.75, 3.05) is 24.4 Å². The Kier molecular flexibility index (Phi) is 7.93. The zero-order valence-corrected chi connectivity index (χ0v) is 20.6. The summed E-state index contributed by atoms with van der Waals surface area (Å²) < 4.78 is 51.3. The first-order valence-electron chi connectivity index (χ1n) is 11.5. The molecule has 1 aliphatic heterocycles. The third kappa shape index (κ3) is 5.87. The highest BCUT2D eigenvalue weighted by molar-refractivity contribution is 7.80. The van der Waals surface area contributed by atoms with Crippen molar-refractivity contribution in [3.63, 3.8) is 0 Å². The standard InChI is InChI=1S/C27H27F2N3O3S/c1-18-16-31(12-13-32(18)27(33)21-8-10-24(11-9-21)30-36(34)35)17-23-14-22(15-25(28)26(23)29)19(2)20-6-4-3-5-7-20/h3-11,14-15,18,30H,2,12-13,16-17H2,1H3,(H,34,35). The van der Waals surface area contributed by atoms with Gasteiger partial charge in [-0.25, -0.2) is 13.0 Å². The van der Waals surface area contributed by atoms with Crippen molar-refractivity contribution in [1.82, 2.24) is 9.80 Å². The monoisotopic (exact) mass is 511 g/mol. The summed E-state index contributed by atoms with van der Waals surface area (Å²) in [6.45, 7) is 7.63. The van der Waals surface area contributed by atoms with Crippen LogP contribution in [0.3, 0.4) is 0 Å². The Labute approximate surface area is 211 Å². The summed E-state index contributed by atoms with van der Waals surface area (Å²) in [5, 5.41) is 0. The second-order valence-electron chi connectivity index (χ2n) is 8.79. The number of rotatable bonds is 7. The molecule has 0 bridgehead atoms. The zero-order chi connectivity index (χ0) is 25.8. The number of benzene rings is 3. The zero-order valence-electron chi connectivity index (χ0n) is 19.8. The van der Waals surface area contributed by atoms with E-state index in [4.69, 9.17) is 4.55 Å². The Morgan fingerprint density at radius 1 is 1.06 bits per heavy atom. The largest absolute Gasteiger partial charge is 0.333 e. The molecule has 1 fully saturated rings. The van der Waals surface area contributed by atoms with Crippen LogP contribution in [0.25, 0.3) is 5.57 Å². The molecular weight excluding hydrogens is 484 g/mol. The van der Waals surface area contributed by atoms with Crippen LogP contribution < -0.4 is 4.72 Å². The molecule has 0 spiro atoms. The van der Waals surface area contributed by atoms with Crippen molar-refractivity contribution < 1.29 is 22.3 Å². The molecule has 1 amide bonds. The molecule has 0 radical (unpaired) electrons. The number of carbonyl (C=O) groups excluding carboxylic acids is 1. The van der Waals surface area contributed by atoms with Gasteiger partial charge in [-0.15, -0.1) is 0 Å². The summed E-state index contributed by atoms with van der Waals surface area (Å²) in [7, 11) is 0. The molecule has 2 atom stereocenters. The number of nitrogens with zero attached hydrogens (tertiary/aromatic N) is 2. The maximum absolute atomic E-state index is 14.7. The van der Waals surface area contributed by atoms with Crippen LogP contribution >= 0.6 is 0 Å². The van der Waals surface area contributed by atoms with E-state index >= 15 is 0 Å². The number of halogens is 2. The van der Waals surface area contributed by atoms with Gasteiger partial charge >= 0.3 is 0 Å². The van der Waals surface area contributed by atoms with E-state index in [1.165, 1.54) is 6.07 Å². The predicted molar refractivity (Wildman–Crippen MR) is 138 cm³/mol. The van der Waals surface area contributed by atoms with Crippen LogP contribution in [-0.4, -0.2) is 50.1 Å². The SMILES string of the molecule is C=C(c1ccccc1)c1cc(F)c(F)c(CN2CCN(C(=O)c3ccc(NS(=O)O)cc3)C(C)C2)c1.